The monoisotopic (exact) mass is 486 g/mol. The number of aryl methyl sites for hydroxylation is 4. The second kappa shape index (κ2) is 8.27. The van der Waals surface area contributed by atoms with Gasteiger partial charge in [0.25, 0.3) is 5.56 Å². The molecular weight excluding hydrogens is 464 g/mol. The van der Waals surface area contributed by atoms with Gasteiger partial charge in [0.1, 0.15) is 0 Å². The predicted octanol–water partition coefficient (Wildman–Crippen LogP) is 3.20. The van der Waals surface area contributed by atoms with Crippen molar-refractivity contribution >= 4 is 50.8 Å². The number of nitrogens with zero attached hydrogens (tertiary/aromatic N) is 6. The molecule has 0 spiro atoms. The van der Waals surface area contributed by atoms with Crippen LogP contribution in [-0.4, -0.2) is 29.6 Å². The number of imidazole rings is 1. The molecule has 0 fully saturated rings. The fraction of sp³-hybridized carbons (Fsp3) is 0.318. The number of hydrogen-bond donors (Lipinski definition) is 0. The van der Waals surface area contributed by atoms with Crippen molar-refractivity contribution in [1.82, 2.24) is 23.7 Å². The van der Waals surface area contributed by atoms with Crippen LogP contribution in [0, 0.1) is 20.8 Å². The molecule has 9 nitrogen and oxygen atoms in total. The van der Waals surface area contributed by atoms with E-state index in [1.165, 1.54) is 41.5 Å². The van der Waals surface area contributed by atoms with Gasteiger partial charge in [-0.05, 0) is 43.5 Å². The van der Waals surface area contributed by atoms with Crippen LogP contribution in [0.25, 0.3) is 11.2 Å². The van der Waals surface area contributed by atoms with Crippen molar-refractivity contribution < 1.29 is 4.79 Å². The Labute approximate surface area is 198 Å². The topological polar surface area (TPSA) is 95.0 Å². The standard InChI is InChI=1S/C22H23ClN6O3S/c1-11-7-12(2)16(13(3)8-11)29(14(4)30)21-24-15(10-33-21)9-28-17-18(25-20(28)23)26(5)22(32)27(6)19(17)31/h7-8,10H,9H2,1-6H3. The number of anilines is 2. The quantitative estimate of drug-likeness (QED) is 0.413. The van der Waals surface area contributed by atoms with Gasteiger partial charge in [-0.3, -0.25) is 23.6 Å². The van der Waals surface area contributed by atoms with E-state index in [1.807, 2.05) is 38.3 Å². The van der Waals surface area contributed by atoms with Gasteiger partial charge in [-0.2, -0.15) is 4.98 Å². The van der Waals surface area contributed by atoms with Crippen LogP contribution in [-0.2, 0) is 25.4 Å². The number of thiazole rings is 1. The highest BCUT2D eigenvalue weighted by Gasteiger charge is 2.23. The van der Waals surface area contributed by atoms with Gasteiger partial charge in [0.2, 0.25) is 11.2 Å². The molecule has 1 amide bonds. The van der Waals surface area contributed by atoms with Gasteiger partial charge in [0, 0.05) is 26.4 Å². The van der Waals surface area contributed by atoms with E-state index in [1.54, 1.807) is 4.90 Å². The second-order valence-electron chi connectivity index (χ2n) is 8.07. The Hall–Kier alpha value is -3.24. The molecule has 4 rings (SSSR count). The number of carbonyl (C=O) groups is 1. The van der Waals surface area contributed by atoms with E-state index in [-0.39, 0.29) is 28.9 Å². The minimum absolute atomic E-state index is 0.0755. The maximum Gasteiger partial charge on any atom is 0.332 e. The van der Waals surface area contributed by atoms with Crippen molar-refractivity contribution in [3.63, 3.8) is 0 Å². The van der Waals surface area contributed by atoms with Crippen molar-refractivity contribution in [1.29, 1.82) is 0 Å². The minimum Gasteiger partial charge on any atom is -0.303 e. The van der Waals surface area contributed by atoms with Crippen LogP contribution in [0.1, 0.15) is 29.3 Å². The van der Waals surface area contributed by atoms with Crippen LogP contribution in [0.4, 0.5) is 10.8 Å². The molecule has 1 aromatic carbocycles. The summed E-state index contributed by atoms with van der Waals surface area (Å²) in [7, 11) is 2.95. The SMILES string of the molecule is CC(=O)N(c1nc(Cn2c(Cl)nc3c2c(=O)n(C)c(=O)n3C)cs1)c1c(C)cc(C)cc1C. The van der Waals surface area contributed by atoms with Crippen LogP contribution >= 0.6 is 22.9 Å². The van der Waals surface area contributed by atoms with Crippen molar-refractivity contribution in [2.45, 2.75) is 34.2 Å². The third-order valence-corrected chi connectivity index (χ3v) is 6.69. The van der Waals surface area contributed by atoms with Crippen molar-refractivity contribution in [2.75, 3.05) is 4.90 Å². The molecule has 0 N–H and O–H groups in total. The number of aromatic nitrogens is 5. The lowest BCUT2D eigenvalue weighted by molar-refractivity contribution is -0.115. The molecule has 172 valence electrons. The zero-order valence-corrected chi connectivity index (χ0v) is 20.7. The summed E-state index contributed by atoms with van der Waals surface area (Å²) in [5.74, 6) is -0.152. The molecule has 0 aliphatic carbocycles. The van der Waals surface area contributed by atoms with E-state index in [0.717, 1.165) is 26.9 Å². The molecule has 0 saturated heterocycles. The lowest BCUT2D eigenvalue weighted by atomic mass is 10.0. The molecule has 0 aliphatic heterocycles. The summed E-state index contributed by atoms with van der Waals surface area (Å²) in [4.78, 5) is 48.1. The second-order valence-corrected chi connectivity index (χ2v) is 9.24. The van der Waals surface area contributed by atoms with Gasteiger partial charge in [-0.25, -0.2) is 9.78 Å². The molecule has 0 aliphatic rings. The first-order chi connectivity index (χ1) is 15.5. The van der Waals surface area contributed by atoms with Gasteiger partial charge in [0.15, 0.2) is 16.3 Å². The zero-order chi connectivity index (χ0) is 24.2. The summed E-state index contributed by atoms with van der Waals surface area (Å²) in [5.41, 5.74) is 3.96. The summed E-state index contributed by atoms with van der Waals surface area (Å²) >= 11 is 7.66. The summed E-state index contributed by atoms with van der Waals surface area (Å²) in [6, 6.07) is 4.06. The number of halogens is 1. The third kappa shape index (κ3) is 3.79. The molecule has 4 aromatic rings. The predicted molar refractivity (Wildman–Crippen MR) is 130 cm³/mol. The van der Waals surface area contributed by atoms with Gasteiger partial charge < -0.3 is 4.57 Å². The highest BCUT2D eigenvalue weighted by Crippen LogP contribution is 2.35. The van der Waals surface area contributed by atoms with E-state index < -0.39 is 11.2 Å². The maximum absolute atomic E-state index is 12.8. The summed E-state index contributed by atoms with van der Waals surface area (Å²) < 4.78 is 3.83. The summed E-state index contributed by atoms with van der Waals surface area (Å²) in [6.07, 6.45) is 0. The van der Waals surface area contributed by atoms with Crippen LogP contribution in [0.5, 0.6) is 0 Å². The smallest absolute Gasteiger partial charge is 0.303 e. The third-order valence-electron chi connectivity index (χ3n) is 5.53. The van der Waals surface area contributed by atoms with E-state index in [9.17, 15) is 14.4 Å². The molecule has 0 radical (unpaired) electrons. The first kappa shape index (κ1) is 22.9. The largest absolute Gasteiger partial charge is 0.332 e. The van der Waals surface area contributed by atoms with E-state index in [2.05, 4.69) is 9.97 Å². The van der Waals surface area contributed by atoms with Gasteiger partial charge in [-0.1, -0.05) is 17.7 Å². The highest BCUT2D eigenvalue weighted by molar-refractivity contribution is 7.14. The number of fused-ring (bicyclic) bond motifs is 1. The number of rotatable bonds is 4. The number of benzene rings is 1. The highest BCUT2D eigenvalue weighted by atomic mass is 35.5. The van der Waals surface area contributed by atoms with E-state index in [0.29, 0.717) is 10.8 Å². The van der Waals surface area contributed by atoms with Gasteiger partial charge in [-0.15, -0.1) is 11.3 Å². The van der Waals surface area contributed by atoms with Crippen LogP contribution in [0.15, 0.2) is 27.1 Å². The van der Waals surface area contributed by atoms with Crippen molar-refractivity contribution in [3.8, 4) is 0 Å². The average Bonchev–Trinajstić information content (AvgIpc) is 3.32. The Kier molecular flexibility index (Phi) is 5.75. The molecule has 3 aromatic heterocycles. The van der Waals surface area contributed by atoms with Crippen LogP contribution < -0.4 is 16.1 Å². The van der Waals surface area contributed by atoms with E-state index >= 15 is 0 Å². The molecule has 33 heavy (non-hydrogen) atoms. The molecular formula is C22H23ClN6O3S. The van der Waals surface area contributed by atoms with Crippen molar-refractivity contribution in [2.24, 2.45) is 14.1 Å². The lowest BCUT2D eigenvalue weighted by Crippen LogP contribution is -2.37. The fourth-order valence-electron chi connectivity index (χ4n) is 4.11. The summed E-state index contributed by atoms with van der Waals surface area (Å²) in [6.45, 7) is 7.62. The normalized spacial score (nSPS) is 11.4. The zero-order valence-electron chi connectivity index (χ0n) is 19.1. The first-order valence-electron chi connectivity index (χ1n) is 10.2. The van der Waals surface area contributed by atoms with Gasteiger partial charge in [0.05, 0.1) is 17.9 Å². The Morgan fingerprint density at radius 1 is 1.09 bits per heavy atom. The fourth-order valence-corrected chi connectivity index (χ4v) is 5.20. The first-order valence-corrected chi connectivity index (χ1v) is 11.4. The Morgan fingerprint density at radius 2 is 1.73 bits per heavy atom. The van der Waals surface area contributed by atoms with Crippen LogP contribution in [0.2, 0.25) is 5.28 Å². The van der Waals surface area contributed by atoms with E-state index in [4.69, 9.17) is 11.6 Å². The molecule has 0 unspecified atom stereocenters. The average molecular weight is 487 g/mol. The van der Waals surface area contributed by atoms with Crippen molar-refractivity contribution in [3.05, 3.63) is 66.0 Å². The molecule has 0 bridgehead atoms. The summed E-state index contributed by atoms with van der Waals surface area (Å²) in [5, 5.41) is 2.42. The number of amides is 1. The Bertz CT molecular complexity index is 1520. The Balaban J connectivity index is 1.80. The molecule has 0 atom stereocenters. The number of carbonyl (C=O) groups excluding carboxylic acids is 1. The Morgan fingerprint density at radius 3 is 2.33 bits per heavy atom. The maximum atomic E-state index is 12.8. The molecule has 11 heteroatoms. The lowest BCUT2D eigenvalue weighted by Gasteiger charge is -2.23. The number of hydrogen-bond acceptors (Lipinski definition) is 6. The minimum atomic E-state index is -0.487. The van der Waals surface area contributed by atoms with Crippen LogP contribution in [0.3, 0.4) is 0 Å². The van der Waals surface area contributed by atoms with Gasteiger partial charge >= 0.3 is 5.69 Å². The molecule has 3 heterocycles. The molecule has 0 saturated carbocycles.